The number of nitrogens with one attached hydrogen (secondary N) is 1. The highest BCUT2D eigenvalue weighted by atomic mass is 16.4. The number of phenols is 1. The Morgan fingerprint density at radius 1 is 1.00 bits per heavy atom. The molecule has 0 aliphatic rings. The van der Waals surface area contributed by atoms with Gasteiger partial charge in [-0.3, -0.25) is 4.79 Å². The van der Waals surface area contributed by atoms with Crippen molar-refractivity contribution in [3.63, 3.8) is 0 Å². The second-order valence-corrected chi connectivity index (χ2v) is 9.44. The second kappa shape index (κ2) is 8.65. The van der Waals surface area contributed by atoms with E-state index in [2.05, 4.69) is 5.32 Å². The van der Waals surface area contributed by atoms with Gasteiger partial charge in [-0.15, -0.1) is 0 Å². The molecule has 0 spiro atoms. The van der Waals surface area contributed by atoms with Gasteiger partial charge in [0.25, 0.3) is 5.91 Å². The fourth-order valence-corrected chi connectivity index (χ4v) is 3.17. The van der Waals surface area contributed by atoms with Crippen LogP contribution in [0.15, 0.2) is 42.0 Å². The quantitative estimate of drug-likeness (QED) is 0.463. The molecule has 0 heterocycles. The summed E-state index contributed by atoms with van der Waals surface area (Å²) < 4.78 is 0. The molecule has 0 saturated heterocycles. The van der Waals surface area contributed by atoms with E-state index in [0.29, 0.717) is 16.7 Å². The maximum absolute atomic E-state index is 12.7. The molecule has 0 aromatic heterocycles. The largest absolute Gasteiger partial charge is 0.507 e. The smallest absolute Gasteiger partial charge is 0.337 e. The van der Waals surface area contributed by atoms with Gasteiger partial charge >= 0.3 is 5.97 Å². The lowest BCUT2D eigenvalue weighted by atomic mass is 9.78. The molecule has 0 atom stereocenters. The summed E-state index contributed by atoms with van der Waals surface area (Å²) in [7, 11) is 0. The topological polar surface area (TPSA) is 110 Å². The maximum atomic E-state index is 12.7. The number of carbonyl (C=O) groups excluding carboxylic acids is 1. The minimum absolute atomic E-state index is 0.0668. The zero-order valence-electron chi connectivity index (χ0n) is 18.7. The van der Waals surface area contributed by atoms with Gasteiger partial charge in [-0.1, -0.05) is 53.7 Å². The van der Waals surface area contributed by atoms with E-state index in [0.717, 1.165) is 0 Å². The molecule has 1 amide bonds. The number of aromatic hydroxyl groups is 1. The van der Waals surface area contributed by atoms with Gasteiger partial charge in [0.05, 0.1) is 11.3 Å². The molecule has 31 heavy (non-hydrogen) atoms. The average Bonchev–Trinajstić information content (AvgIpc) is 2.65. The van der Waals surface area contributed by atoms with E-state index in [1.54, 1.807) is 24.3 Å². The zero-order chi connectivity index (χ0) is 23.6. The fourth-order valence-electron chi connectivity index (χ4n) is 3.17. The molecule has 0 saturated carbocycles. The molecule has 3 N–H and O–H groups in total. The predicted molar refractivity (Wildman–Crippen MR) is 121 cm³/mol. The van der Waals surface area contributed by atoms with Crippen LogP contribution in [0.1, 0.15) is 68.6 Å². The van der Waals surface area contributed by atoms with Gasteiger partial charge in [0, 0.05) is 11.1 Å². The van der Waals surface area contributed by atoms with E-state index in [-0.39, 0.29) is 33.4 Å². The van der Waals surface area contributed by atoms with Crippen molar-refractivity contribution in [3.05, 3.63) is 64.2 Å². The summed E-state index contributed by atoms with van der Waals surface area (Å²) in [6, 6.07) is 11.4. The van der Waals surface area contributed by atoms with E-state index in [4.69, 9.17) is 0 Å². The Bertz CT molecular complexity index is 1060. The highest BCUT2D eigenvalue weighted by molar-refractivity contribution is 6.11. The highest BCUT2D eigenvalue weighted by Crippen LogP contribution is 2.40. The third-order valence-electron chi connectivity index (χ3n) is 4.83. The van der Waals surface area contributed by atoms with Crippen LogP contribution in [-0.4, -0.2) is 22.1 Å². The number of para-hydroxylation sites is 1. The number of rotatable bonds is 4. The van der Waals surface area contributed by atoms with E-state index in [1.165, 1.54) is 18.2 Å². The van der Waals surface area contributed by atoms with Crippen molar-refractivity contribution in [1.82, 2.24) is 0 Å². The molecule has 2 aromatic carbocycles. The summed E-state index contributed by atoms with van der Waals surface area (Å²) >= 11 is 0. The predicted octanol–water partition coefficient (Wildman–Crippen LogP) is 5.23. The van der Waals surface area contributed by atoms with Gasteiger partial charge in [0.2, 0.25) is 0 Å². The monoisotopic (exact) mass is 420 g/mol. The van der Waals surface area contributed by atoms with Crippen molar-refractivity contribution in [1.29, 1.82) is 5.26 Å². The summed E-state index contributed by atoms with van der Waals surface area (Å²) in [5.41, 5.74) is 1.17. The summed E-state index contributed by atoms with van der Waals surface area (Å²) in [6.45, 7) is 11.8. The SMILES string of the molecule is CC(C)(C)c1cc(/C=C(\C#N)C(=O)Nc2ccccc2C(=O)O)cc(C(C)(C)C)c1O. The highest BCUT2D eigenvalue weighted by Gasteiger charge is 2.26. The first kappa shape index (κ1) is 23.7. The van der Waals surface area contributed by atoms with Crippen molar-refractivity contribution in [2.75, 3.05) is 5.32 Å². The van der Waals surface area contributed by atoms with Crippen molar-refractivity contribution in [2.45, 2.75) is 52.4 Å². The summed E-state index contributed by atoms with van der Waals surface area (Å²) in [6.07, 6.45) is 1.45. The van der Waals surface area contributed by atoms with Crippen LogP contribution < -0.4 is 5.32 Å². The van der Waals surface area contributed by atoms with Crippen LogP contribution in [0.2, 0.25) is 0 Å². The molecule has 2 rings (SSSR count). The van der Waals surface area contributed by atoms with Crippen molar-refractivity contribution in [2.24, 2.45) is 0 Å². The van der Waals surface area contributed by atoms with Gasteiger partial charge in [0.15, 0.2) is 0 Å². The molecule has 6 heteroatoms. The Morgan fingerprint density at radius 3 is 1.97 bits per heavy atom. The zero-order valence-corrected chi connectivity index (χ0v) is 18.7. The third kappa shape index (κ3) is 5.52. The standard InChI is InChI=1S/C25H28N2O4/c1-24(2,3)18-12-15(13-19(21(18)28)25(4,5)6)11-16(14-26)22(29)27-20-10-8-7-9-17(20)23(30)31/h7-13,28H,1-6H3,(H,27,29)(H,30,31)/b16-11+. The van der Waals surface area contributed by atoms with E-state index in [9.17, 15) is 25.1 Å². The lowest BCUT2D eigenvalue weighted by molar-refractivity contribution is -0.112. The van der Waals surface area contributed by atoms with Crippen LogP contribution in [-0.2, 0) is 15.6 Å². The number of hydrogen-bond donors (Lipinski definition) is 3. The van der Waals surface area contributed by atoms with Gasteiger partial charge in [-0.05, 0) is 46.7 Å². The molecular weight excluding hydrogens is 392 g/mol. The van der Waals surface area contributed by atoms with E-state index < -0.39 is 11.9 Å². The third-order valence-corrected chi connectivity index (χ3v) is 4.83. The van der Waals surface area contributed by atoms with Crippen LogP contribution in [0.25, 0.3) is 6.08 Å². The first-order valence-electron chi connectivity index (χ1n) is 9.89. The number of carbonyl (C=O) groups is 2. The molecular formula is C25H28N2O4. The molecule has 162 valence electrons. The number of phenolic OH excluding ortho intramolecular Hbond substituents is 1. The summed E-state index contributed by atoms with van der Waals surface area (Å²) in [5.74, 6) is -1.68. The Balaban J connectivity index is 2.55. The van der Waals surface area contributed by atoms with Crippen LogP contribution >= 0.6 is 0 Å². The number of aromatic carboxylic acids is 1. The number of anilines is 1. The Morgan fingerprint density at radius 2 is 1.52 bits per heavy atom. The first-order chi connectivity index (χ1) is 14.3. The maximum Gasteiger partial charge on any atom is 0.337 e. The number of nitriles is 1. The number of carboxylic acids is 1. The Kier molecular flexibility index (Phi) is 6.61. The molecule has 0 bridgehead atoms. The molecule has 0 aliphatic heterocycles. The molecule has 6 nitrogen and oxygen atoms in total. The van der Waals surface area contributed by atoms with Gasteiger partial charge in [0.1, 0.15) is 17.4 Å². The van der Waals surface area contributed by atoms with Crippen LogP contribution in [0.5, 0.6) is 5.75 Å². The first-order valence-corrected chi connectivity index (χ1v) is 9.89. The Labute approximate surface area is 182 Å². The molecule has 0 unspecified atom stereocenters. The normalized spacial score (nSPS) is 12.2. The van der Waals surface area contributed by atoms with E-state index >= 15 is 0 Å². The number of benzene rings is 2. The minimum atomic E-state index is -1.18. The molecule has 0 fully saturated rings. The van der Waals surface area contributed by atoms with Crippen LogP contribution in [0.3, 0.4) is 0 Å². The summed E-state index contributed by atoms with van der Waals surface area (Å²) in [5, 5.41) is 32.2. The number of hydrogen-bond acceptors (Lipinski definition) is 4. The lowest BCUT2D eigenvalue weighted by Gasteiger charge is -2.28. The number of nitrogens with zero attached hydrogens (tertiary/aromatic N) is 1. The average molecular weight is 421 g/mol. The Hall–Kier alpha value is -3.59. The molecule has 0 aliphatic carbocycles. The van der Waals surface area contributed by atoms with Crippen molar-refractivity contribution in [3.8, 4) is 11.8 Å². The van der Waals surface area contributed by atoms with Crippen molar-refractivity contribution < 1.29 is 19.8 Å². The number of amides is 1. The fraction of sp³-hybridized carbons (Fsp3) is 0.320. The van der Waals surface area contributed by atoms with Gasteiger partial charge in [-0.2, -0.15) is 5.26 Å². The van der Waals surface area contributed by atoms with Gasteiger partial charge < -0.3 is 15.5 Å². The van der Waals surface area contributed by atoms with Crippen LogP contribution in [0.4, 0.5) is 5.69 Å². The van der Waals surface area contributed by atoms with Gasteiger partial charge in [-0.25, -0.2) is 4.79 Å². The lowest BCUT2D eigenvalue weighted by Crippen LogP contribution is -2.18. The van der Waals surface area contributed by atoms with Crippen molar-refractivity contribution >= 4 is 23.6 Å². The van der Waals surface area contributed by atoms with E-state index in [1.807, 2.05) is 47.6 Å². The number of carboxylic acid groups (broad SMARTS) is 1. The second-order valence-electron chi connectivity index (χ2n) is 9.44. The van der Waals surface area contributed by atoms with Crippen LogP contribution in [0, 0.1) is 11.3 Å². The molecule has 2 aromatic rings. The minimum Gasteiger partial charge on any atom is -0.507 e. The molecule has 0 radical (unpaired) electrons. The summed E-state index contributed by atoms with van der Waals surface area (Å²) in [4.78, 5) is 24.1.